The van der Waals surface area contributed by atoms with Gasteiger partial charge in [-0.15, -0.1) is 0 Å². The number of pyridine rings is 1. The molecule has 5 nitrogen and oxygen atoms in total. The lowest BCUT2D eigenvalue weighted by Gasteiger charge is -2.36. The Morgan fingerprint density at radius 1 is 1.15 bits per heavy atom. The molecule has 1 fully saturated rings. The van der Waals surface area contributed by atoms with E-state index in [4.69, 9.17) is 4.74 Å². The number of morpholine rings is 1. The van der Waals surface area contributed by atoms with Crippen LogP contribution in [-0.4, -0.2) is 40.1 Å². The number of hydrogen-bond donors (Lipinski definition) is 0. The normalized spacial score (nSPS) is 23.1. The van der Waals surface area contributed by atoms with E-state index in [-0.39, 0.29) is 12.2 Å². The van der Waals surface area contributed by atoms with Crippen LogP contribution < -0.4 is 4.90 Å². The van der Waals surface area contributed by atoms with Crippen LogP contribution in [0.5, 0.6) is 0 Å². The van der Waals surface area contributed by atoms with Gasteiger partial charge >= 0.3 is 0 Å². The van der Waals surface area contributed by atoms with Crippen LogP contribution in [0.4, 0.5) is 5.69 Å². The summed E-state index contributed by atoms with van der Waals surface area (Å²) in [6, 6.07) is 4.18. The van der Waals surface area contributed by atoms with Crippen molar-refractivity contribution in [3.05, 3.63) is 30.7 Å². The zero-order chi connectivity index (χ0) is 14.1. The van der Waals surface area contributed by atoms with Crippen molar-refractivity contribution in [1.82, 2.24) is 14.8 Å². The molecule has 2 aromatic heterocycles. The first-order chi connectivity index (χ1) is 9.61. The summed E-state index contributed by atoms with van der Waals surface area (Å²) in [6.07, 6.45) is 6.27. The van der Waals surface area contributed by atoms with E-state index in [0.717, 1.165) is 30.0 Å². The quantitative estimate of drug-likeness (QED) is 0.839. The Kier molecular flexibility index (Phi) is 3.44. The van der Waals surface area contributed by atoms with E-state index >= 15 is 0 Å². The Morgan fingerprint density at radius 3 is 2.45 bits per heavy atom. The van der Waals surface area contributed by atoms with Crippen molar-refractivity contribution in [2.75, 3.05) is 18.0 Å². The minimum Gasteiger partial charge on any atom is -0.372 e. The second kappa shape index (κ2) is 5.25. The third kappa shape index (κ3) is 2.67. The van der Waals surface area contributed by atoms with E-state index in [9.17, 15) is 0 Å². The van der Waals surface area contributed by atoms with Gasteiger partial charge in [-0.1, -0.05) is 0 Å². The third-order valence-corrected chi connectivity index (χ3v) is 3.53. The van der Waals surface area contributed by atoms with Gasteiger partial charge in [0.2, 0.25) is 0 Å². The molecule has 0 saturated carbocycles. The van der Waals surface area contributed by atoms with E-state index in [1.54, 1.807) is 4.68 Å². The molecular weight excluding hydrogens is 252 g/mol. The molecule has 0 aliphatic carbocycles. The molecule has 0 amide bonds. The van der Waals surface area contributed by atoms with Gasteiger partial charge < -0.3 is 9.64 Å². The Bertz CT molecular complexity index is 568. The van der Waals surface area contributed by atoms with Crippen molar-refractivity contribution < 1.29 is 4.74 Å². The zero-order valence-corrected chi connectivity index (χ0v) is 12.2. The lowest BCUT2D eigenvalue weighted by Crippen LogP contribution is -2.45. The topological polar surface area (TPSA) is 43.2 Å². The number of aromatic nitrogens is 3. The molecule has 3 heterocycles. The monoisotopic (exact) mass is 272 g/mol. The van der Waals surface area contributed by atoms with Gasteiger partial charge in [0.05, 0.1) is 36.0 Å². The van der Waals surface area contributed by atoms with Crippen LogP contribution in [0.2, 0.25) is 0 Å². The van der Waals surface area contributed by atoms with Crippen molar-refractivity contribution in [3.8, 4) is 11.3 Å². The number of aryl methyl sites for hydroxylation is 1. The summed E-state index contributed by atoms with van der Waals surface area (Å²) in [6.45, 7) is 6.05. The van der Waals surface area contributed by atoms with Crippen molar-refractivity contribution >= 4 is 5.69 Å². The van der Waals surface area contributed by atoms with Crippen LogP contribution in [-0.2, 0) is 11.8 Å². The Labute approximate surface area is 119 Å². The SMILES string of the molecule is C[C@@H]1CN(c2ccc(-c3cnn(C)c3)nc2)C[C@H](C)O1. The molecule has 2 aromatic rings. The van der Waals surface area contributed by atoms with Crippen LogP contribution in [0.15, 0.2) is 30.7 Å². The van der Waals surface area contributed by atoms with Crippen LogP contribution in [0.25, 0.3) is 11.3 Å². The van der Waals surface area contributed by atoms with E-state index in [1.807, 2.05) is 25.6 Å². The molecule has 5 heteroatoms. The second-order valence-corrected chi connectivity index (χ2v) is 5.47. The number of hydrogen-bond acceptors (Lipinski definition) is 4. The smallest absolute Gasteiger partial charge is 0.0735 e. The third-order valence-electron chi connectivity index (χ3n) is 3.53. The highest BCUT2D eigenvalue weighted by molar-refractivity contribution is 5.59. The van der Waals surface area contributed by atoms with Gasteiger partial charge in [-0.05, 0) is 26.0 Å². The molecule has 1 aliphatic rings. The summed E-state index contributed by atoms with van der Waals surface area (Å²) in [5, 5.41) is 4.17. The lowest BCUT2D eigenvalue weighted by molar-refractivity contribution is -0.00523. The molecule has 0 aromatic carbocycles. The van der Waals surface area contributed by atoms with Crippen LogP contribution in [0.3, 0.4) is 0 Å². The largest absolute Gasteiger partial charge is 0.372 e. The molecule has 0 bridgehead atoms. The van der Waals surface area contributed by atoms with Crippen LogP contribution in [0.1, 0.15) is 13.8 Å². The number of ether oxygens (including phenoxy) is 1. The van der Waals surface area contributed by atoms with Gasteiger partial charge in [0.25, 0.3) is 0 Å². The van der Waals surface area contributed by atoms with E-state index in [2.05, 4.69) is 41.0 Å². The van der Waals surface area contributed by atoms with Crippen molar-refractivity contribution in [2.24, 2.45) is 7.05 Å². The summed E-state index contributed by atoms with van der Waals surface area (Å²) in [7, 11) is 1.91. The fourth-order valence-electron chi connectivity index (χ4n) is 2.69. The summed E-state index contributed by atoms with van der Waals surface area (Å²) in [4.78, 5) is 6.88. The highest BCUT2D eigenvalue weighted by Crippen LogP contribution is 2.22. The molecule has 0 unspecified atom stereocenters. The fourth-order valence-corrected chi connectivity index (χ4v) is 2.69. The van der Waals surface area contributed by atoms with Crippen molar-refractivity contribution in [3.63, 3.8) is 0 Å². The standard InChI is InChI=1S/C15H20N4O/c1-11-8-19(9-12(2)20-11)14-4-5-15(16-7-14)13-6-17-18(3)10-13/h4-7,10-12H,8-9H2,1-3H3/t11-,12+. The molecule has 0 radical (unpaired) electrons. The lowest BCUT2D eigenvalue weighted by atomic mass is 10.2. The average Bonchev–Trinajstić information content (AvgIpc) is 2.84. The van der Waals surface area contributed by atoms with Crippen LogP contribution >= 0.6 is 0 Å². The van der Waals surface area contributed by atoms with Gasteiger partial charge in [0.1, 0.15) is 0 Å². The highest BCUT2D eigenvalue weighted by atomic mass is 16.5. The number of rotatable bonds is 2. The summed E-state index contributed by atoms with van der Waals surface area (Å²) >= 11 is 0. The number of nitrogens with zero attached hydrogens (tertiary/aromatic N) is 4. The predicted octanol–water partition coefficient (Wildman–Crippen LogP) is 2.10. The zero-order valence-electron chi connectivity index (χ0n) is 12.2. The first-order valence-electron chi connectivity index (χ1n) is 6.97. The molecule has 0 N–H and O–H groups in total. The maximum atomic E-state index is 5.76. The Morgan fingerprint density at radius 2 is 1.90 bits per heavy atom. The van der Waals surface area contributed by atoms with E-state index in [1.165, 1.54) is 0 Å². The predicted molar refractivity (Wildman–Crippen MR) is 78.7 cm³/mol. The maximum absolute atomic E-state index is 5.76. The minimum atomic E-state index is 0.261. The molecule has 1 saturated heterocycles. The van der Waals surface area contributed by atoms with Gasteiger partial charge in [0.15, 0.2) is 0 Å². The van der Waals surface area contributed by atoms with Gasteiger partial charge in [0, 0.05) is 31.9 Å². The summed E-state index contributed by atoms with van der Waals surface area (Å²) < 4.78 is 7.55. The first-order valence-corrected chi connectivity index (χ1v) is 6.97. The van der Waals surface area contributed by atoms with Gasteiger partial charge in [-0.3, -0.25) is 9.67 Å². The molecule has 106 valence electrons. The van der Waals surface area contributed by atoms with E-state index < -0.39 is 0 Å². The first kappa shape index (κ1) is 13.1. The van der Waals surface area contributed by atoms with E-state index in [0.29, 0.717) is 0 Å². The summed E-state index contributed by atoms with van der Waals surface area (Å²) in [5.74, 6) is 0. The molecule has 0 spiro atoms. The average molecular weight is 272 g/mol. The Hall–Kier alpha value is -1.88. The maximum Gasteiger partial charge on any atom is 0.0735 e. The minimum absolute atomic E-state index is 0.261. The van der Waals surface area contributed by atoms with Gasteiger partial charge in [-0.25, -0.2) is 0 Å². The summed E-state index contributed by atoms with van der Waals surface area (Å²) in [5.41, 5.74) is 3.15. The molecule has 20 heavy (non-hydrogen) atoms. The Balaban J connectivity index is 1.79. The van der Waals surface area contributed by atoms with Crippen molar-refractivity contribution in [1.29, 1.82) is 0 Å². The second-order valence-electron chi connectivity index (χ2n) is 5.47. The highest BCUT2D eigenvalue weighted by Gasteiger charge is 2.22. The molecule has 1 aliphatic heterocycles. The molecule has 3 rings (SSSR count). The van der Waals surface area contributed by atoms with Crippen LogP contribution in [0, 0.1) is 0 Å². The molecular formula is C15H20N4O. The molecule has 2 atom stereocenters. The number of anilines is 1. The van der Waals surface area contributed by atoms with Gasteiger partial charge in [-0.2, -0.15) is 5.10 Å². The fraction of sp³-hybridized carbons (Fsp3) is 0.467. The van der Waals surface area contributed by atoms with Crippen molar-refractivity contribution in [2.45, 2.75) is 26.1 Å².